The third-order valence-corrected chi connectivity index (χ3v) is 6.72. The van der Waals surface area contributed by atoms with Crippen molar-refractivity contribution >= 4 is 17.6 Å². The highest BCUT2D eigenvalue weighted by Crippen LogP contribution is 2.39. The van der Waals surface area contributed by atoms with Crippen molar-refractivity contribution in [1.82, 2.24) is 30.2 Å². The number of aromatic amines is 1. The molecule has 10 nitrogen and oxygen atoms in total. The number of H-pyrrole nitrogens is 1. The van der Waals surface area contributed by atoms with E-state index in [1.807, 2.05) is 48.5 Å². The van der Waals surface area contributed by atoms with E-state index in [1.165, 1.54) is 19.3 Å². The van der Waals surface area contributed by atoms with Gasteiger partial charge in [0.15, 0.2) is 11.6 Å². The second-order valence-electron chi connectivity index (χ2n) is 9.51. The largest absolute Gasteiger partial charge is 0.476 e. The standard InChI is InChI=1S/C26H30N8O2/c1-34-11-5-8-19(34)16-35-25-14-23(28-24-13-21(31-32-24)18-9-10-18)29-26(30-25)27-15-20-12-22(33-36-20)17-6-3-2-4-7-17/h2-4,6-7,12-14,18-19H,5,8-11,15-16H2,1H3,(H3,27,28,29,30,31,32). The Morgan fingerprint density at radius 2 is 1.97 bits per heavy atom. The summed E-state index contributed by atoms with van der Waals surface area (Å²) in [6.45, 7) is 2.08. The van der Waals surface area contributed by atoms with Crippen LogP contribution in [0.1, 0.15) is 43.1 Å². The molecule has 10 heteroatoms. The molecule has 1 aromatic carbocycles. The summed E-state index contributed by atoms with van der Waals surface area (Å²) in [4.78, 5) is 11.6. The Morgan fingerprint density at radius 1 is 1.08 bits per heavy atom. The maximum absolute atomic E-state index is 6.11. The minimum Gasteiger partial charge on any atom is -0.476 e. The van der Waals surface area contributed by atoms with Crippen LogP contribution in [0.2, 0.25) is 0 Å². The van der Waals surface area contributed by atoms with Crippen molar-refractivity contribution in [2.24, 2.45) is 0 Å². The summed E-state index contributed by atoms with van der Waals surface area (Å²) < 4.78 is 11.6. The Hall–Kier alpha value is -3.92. The molecule has 6 rings (SSSR count). The lowest BCUT2D eigenvalue weighted by Crippen LogP contribution is -2.30. The number of likely N-dealkylation sites (tertiary alicyclic amines) is 1. The van der Waals surface area contributed by atoms with Gasteiger partial charge in [0.2, 0.25) is 11.8 Å². The number of hydrogen-bond donors (Lipinski definition) is 3. The second-order valence-corrected chi connectivity index (χ2v) is 9.51. The summed E-state index contributed by atoms with van der Waals surface area (Å²) in [5, 5.41) is 18.2. The van der Waals surface area contributed by atoms with Gasteiger partial charge in [-0.15, -0.1) is 0 Å². The Labute approximate surface area is 209 Å². The molecular formula is C26H30N8O2. The molecule has 36 heavy (non-hydrogen) atoms. The molecule has 1 aliphatic carbocycles. The first-order valence-corrected chi connectivity index (χ1v) is 12.5. The number of rotatable bonds is 10. The van der Waals surface area contributed by atoms with Gasteiger partial charge >= 0.3 is 0 Å². The van der Waals surface area contributed by atoms with Gasteiger partial charge in [0.05, 0.1) is 6.54 Å². The number of ether oxygens (including phenoxy) is 1. The number of anilines is 3. The monoisotopic (exact) mass is 486 g/mol. The minimum atomic E-state index is 0.391. The number of aromatic nitrogens is 5. The summed E-state index contributed by atoms with van der Waals surface area (Å²) in [5.74, 6) is 3.57. The van der Waals surface area contributed by atoms with E-state index >= 15 is 0 Å². The molecule has 1 aliphatic heterocycles. The maximum atomic E-state index is 6.11. The molecule has 4 aromatic rings. The molecule has 0 amide bonds. The SMILES string of the molecule is CN1CCCC1COc1cc(Nc2cc(C3CC3)[nH]n2)nc(NCc2cc(-c3ccccc3)no2)n1. The number of nitrogens with one attached hydrogen (secondary N) is 3. The Balaban J connectivity index is 1.17. The van der Waals surface area contributed by atoms with Gasteiger partial charge < -0.3 is 24.8 Å². The first-order valence-electron chi connectivity index (χ1n) is 12.5. The first-order chi connectivity index (χ1) is 17.7. The third kappa shape index (κ3) is 5.33. The van der Waals surface area contributed by atoms with E-state index < -0.39 is 0 Å². The van der Waals surface area contributed by atoms with Gasteiger partial charge in [0.25, 0.3) is 0 Å². The van der Waals surface area contributed by atoms with E-state index in [0.29, 0.717) is 48.5 Å². The van der Waals surface area contributed by atoms with Crippen LogP contribution in [0.15, 0.2) is 53.1 Å². The van der Waals surface area contributed by atoms with Crippen LogP contribution < -0.4 is 15.4 Å². The lowest BCUT2D eigenvalue weighted by Gasteiger charge is -2.19. The van der Waals surface area contributed by atoms with Crippen LogP contribution in [0.3, 0.4) is 0 Å². The van der Waals surface area contributed by atoms with Gasteiger partial charge in [-0.3, -0.25) is 5.10 Å². The van der Waals surface area contributed by atoms with Crippen molar-refractivity contribution in [2.45, 2.75) is 44.2 Å². The summed E-state index contributed by atoms with van der Waals surface area (Å²) in [5.41, 5.74) is 2.95. The first kappa shape index (κ1) is 22.5. The van der Waals surface area contributed by atoms with Crippen molar-refractivity contribution < 1.29 is 9.26 Å². The van der Waals surface area contributed by atoms with E-state index in [1.54, 1.807) is 0 Å². The summed E-state index contributed by atoms with van der Waals surface area (Å²) in [6.07, 6.45) is 4.75. The van der Waals surface area contributed by atoms with E-state index in [9.17, 15) is 0 Å². The molecule has 1 unspecified atom stereocenters. The van der Waals surface area contributed by atoms with Gasteiger partial charge in [-0.1, -0.05) is 35.5 Å². The predicted octanol–water partition coefficient (Wildman–Crippen LogP) is 4.56. The highest BCUT2D eigenvalue weighted by molar-refractivity contribution is 5.59. The molecule has 4 heterocycles. The molecule has 3 N–H and O–H groups in total. The fourth-order valence-electron chi connectivity index (χ4n) is 4.46. The average Bonchev–Trinajstić information content (AvgIpc) is 3.25. The van der Waals surface area contributed by atoms with E-state index in [-0.39, 0.29) is 0 Å². The average molecular weight is 487 g/mol. The molecule has 0 bridgehead atoms. The van der Waals surface area contributed by atoms with Gasteiger partial charge in [-0.25, -0.2) is 0 Å². The molecule has 1 saturated heterocycles. The van der Waals surface area contributed by atoms with Crippen molar-refractivity contribution in [3.05, 3.63) is 60.0 Å². The van der Waals surface area contributed by atoms with Gasteiger partial charge in [0, 0.05) is 41.4 Å². The molecule has 0 spiro atoms. The van der Waals surface area contributed by atoms with Crippen LogP contribution in [0.5, 0.6) is 5.88 Å². The topological polar surface area (TPSA) is 117 Å². The second kappa shape index (κ2) is 9.98. The third-order valence-electron chi connectivity index (χ3n) is 6.72. The Bertz CT molecular complexity index is 1300. The van der Waals surface area contributed by atoms with Gasteiger partial charge in [0.1, 0.15) is 18.1 Å². The van der Waals surface area contributed by atoms with Crippen LogP contribution in [0, 0.1) is 0 Å². The highest BCUT2D eigenvalue weighted by atomic mass is 16.5. The molecule has 2 fully saturated rings. The van der Waals surface area contributed by atoms with Crippen LogP contribution in [-0.2, 0) is 6.54 Å². The van der Waals surface area contributed by atoms with Crippen LogP contribution in [0.4, 0.5) is 17.6 Å². The summed E-state index contributed by atoms with van der Waals surface area (Å²) in [7, 11) is 2.14. The summed E-state index contributed by atoms with van der Waals surface area (Å²) in [6, 6.07) is 16.1. The fourth-order valence-corrected chi connectivity index (χ4v) is 4.46. The maximum Gasteiger partial charge on any atom is 0.228 e. The summed E-state index contributed by atoms with van der Waals surface area (Å²) >= 11 is 0. The van der Waals surface area contributed by atoms with Crippen LogP contribution in [-0.4, -0.2) is 56.5 Å². The molecule has 2 aliphatic rings. The van der Waals surface area contributed by atoms with Crippen molar-refractivity contribution in [2.75, 3.05) is 30.8 Å². The lowest BCUT2D eigenvalue weighted by molar-refractivity contribution is 0.193. The predicted molar refractivity (Wildman–Crippen MR) is 136 cm³/mol. The van der Waals surface area contributed by atoms with Crippen molar-refractivity contribution in [3.63, 3.8) is 0 Å². The van der Waals surface area contributed by atoms with E-state index in [2.05, 4.69) is 47.9 Å². The van der Waals surface area contributed by atoms with E-state index in [4.69, 9.17) is 9.26 Å². The number of likely N-dealkylation sites (N-methyl/N-ethyl adjacent to an activating group) is 1. The van der Waals surface area contributed by atoms with Crippen LogP contribution in [0.25, 0.3) is 11.3 Å². The number of benzene rings is 1. The quantitative estimate of drug-likeness (QED) is 0.296. The van der Waals surface area contributed by atoms with Gasteiger partial charge in [-0.05, 0) is 39.3 Å². The van der Waals surface area contributed by atoms with Crippen molar-refractivity contribution in [1.29, 1.82) is 0 Å². The number of hydrogen-bond acceptors (Lipinski definition) is 9. The highest BCUT2D eigenvalue weighted by Gasteiger charge is 2.26. The number of nitrogens with zero attached hydrogens (tertiary/aromatic N) is 5. The molecule has 186 valence electrons. The molecule has 3 aromatic heterocycles. The van der Waals surface area contributed by atoms with Gasteiger partial charge in [-0.2, -0.15) is 15.1 Å². The Kier molecular flexibility index (Phi) is 6.25. The molecule has 0 radical (unpaired) electrons. The molecule has 1 saturated carbocycles. The zero-order chi connectivity index (χ0) is 24.3. The zero-order valence-electron chi connectivity index (χ0n) is 20.3. The fraction of sp³-hybridized carbons (Fsp3) is 0.385. The van der Waals surface area contributed by atoms with E-state index in [0.717, 1.165) is 35.7 Å². The molecule has 1 atom stereocenters. The van der Waals surface area contributed by atoms with Crippen LogP contribution >= 0.6 is 0 Å². The lowest BCUT2D eigenvalue weighted by atomic mass is 10.1. The zero-order valence-corrected chi connectivity index (χ0v) is 20.3. The molecular weight excluding hydrogens is 456 g/mol. The van der Waals surface area contributed by atoms with Crippen molar-refractivity contribution in [3.8, 4) is 17.1 Å². The Morgan fingerprint density at radius 3 is 2.78 bits per heavy atom. The normalized spacial score (nSPS) is 17.9. The minimum absolute atomic E-state index is 0.391. The smallest absolute Gasteiger partial charge is 0.228 e.